The standard InChI is InChI=1S/C16H19N3O2/c1-10-15(21-11(2)18-10)16(20)19(14-6-7-14)9-12-4-3-5-13(17)8-12/h3-5,8,14H,6-7,9,17H2,1-2H3. The molecule has 0 radical (unpaired) electrons. The number of aryl methyl sites for hydroxylation is 2. The number of carbonyl (C=O) groups excluding carboxylic acids is 1. The predicted molar refractivity (Wildman–Crippen MR) is 79.7 cm³/mol. The predicted octanol–water partition coefficient (Wildman–Crippen LogP) is 2.68. The van der Waals surface area contributed by atoms with E-state index in [1.165, 1.54) is 0 Å². The molecule has 1 aromatic heterocycles. The Hall–Kier alpha value is -2.30. The molecule has 1 heterocycles. The first kappa shape index (κ1) is 13.7. The molecule has 0 aliphatic heterocycles. The molecule has 5 nitrogen and oxygen atoms in total. The molecule has 0 saturated heterocycles. The maximum absolute atomic E-state index is 12.7. The number of rotatable bonds is 4. The Morgan fingerprint density at radius 1 is 1.43 bits per heavy atom. The van der Waals surface area contributed by atoms with Gasteiger partial charge in [-0.05, 0) is 37.5 Å². The van der Waals surface area contributed by atoms with Crippen LogP contribution in [-0.4, -0.2) is 21.8 Å². The molecule has 2 N–H and O–H groups in total. The highest BCUT2D eigenvalue weighted by molar-refractivity contribution is 5.92. The summed E-state index contributed by atoms with van der Waals surface area (Å²) < 4.78 is 5.47. The fourth-order valence-electron chi connectivity index (χ4n) is 2.50. The van der Waals surface area contributed by atoms with E-state index >= 15 is 0 Å². The molecule has 1 saturated carbocycles. The molecule has 0 atom stereocenters. The Morgan fingerprint density at radius 3 is 2.76 bits per heavy atom. The van der Waals surface area contributed by atoms with Gasteiger partial charge >= 0.3 is 0 Å². The van der Waals surface area contributed by atoms with Gasteiger partial charge in [-0.25, -0.2) is 4.98 Å². The van der Waals surface area contributed by atoms with Gasteiger partial charge in [-0.3, -0.25) is 4.79 Å². The van der Waals surface area contributed by atoms with Crippen LogP contribution in [0.25, 0.3) is 0 Å². The molecule has 3 rings (SSSR count). The zero-order valence-corrected chi connectivity index (χ0v) is 12.3. The number of aromatic nitrogens is 1. The molecule has 1 aliphatic carbocycles. The van der Waals surface area contributed by atoms with Crippen molar-refractivity contribution in [3.05, 3.63) is 47.2 Å². The number of amides is 1. The van der Waals surface area contributed by atoms with E-state index in [0.29, 0.717) is 35.6 Å². The smallest absolute Gasteiger partial charge is 0.292 e. The SMILES string of the molecule is Cc1nc(C)c(C(=O)N(Cc2cccc(N)c2)C2CC2)o1. The van der Waals surface area contributed by atoms with Crippen molar-refractivity contribution in [1.29, 1.82) is 0 Å². The fourth-order valence-corrected chi connectivity index (χ4v) is 2.50. The first-order valence-electron chi connectivity index (χ1n) is 7.14. The van der Waals surface area contributed by atoms with Crippen molar-refractivity contribution >= 4 is 11.6 Å². The van der Waals surface area contributed by atoms with Crippen LogP contribution in [0, 0.1) is 13.8 Å². The molecule has 0 spiro atoms. The van der Waals surface area contributed by atoms with Gasteiger partial charge in [-0.15, -0.1) is 0 Å². The van der Waals surface area contributed by atoms with Crippen molar-refractivity contribution < 1.29 is 9.21 Å². The van der Waals surface area contributed by atoms with E-state index in [9.17, 15) is 4.79 Å². The lowest BCUT2D eigenvalue weighted by Crippen LogP contribution is -2.32. The summed E-state index contributed by atoms with van der Waals surface area (Å²) >= 11 is 0. The van der Waals surface area contributed by atoms with Crippen LogP contribution in [0.2, 0.25) is 0 Å². The Labute approximate surface area is 123 Å². The van der Waals surface area contributed by atoms with Crippen LogP contribution in [0.5, 0.6) is 0 Å². The quantitative estimate of drug-likeness (QED) is 0.877. The number of benzene rings is 1. The summed E-state index contributed by atoms with van der Waals surface area (Å²) in [6, 6.07) is 7.93. The number of nitrogens with zero attached hydrogens (tertiary/aromatic N) is 2. The molecule has 1 fully saturated rings. The number of carbonyl (C=O) groups is 1. The summed E-state index contributed by atoms with van der Waals surface area (Å²) in [6.07, 6.45) is 2.08. The van der Waals surface area contributed by atoms with E-state index in [0.717, 1.165) is 18.4 Å². The van der Waals surface area contributed by atoms with Gasteiger partial charge in [0, 0.05) is 25.2 Å². The second-order valence-electron chi connectivity index (χ2n) is 5.56. The van der Waals surface area contributed by atoms with E-state index in [1.807, 2.05) is 29.2 Å². The Balaban J connectivity index is 1.85. The van der Waals surface area contributed by atoms with Crippen LogP contribution in [0.4, 0.5) is 5.69 Å². The second kappa shape index (κ2) is 5.24. The number of nitrogen functional groups attached to an aromatic ring is 1. The molecule has 1 amide bonds. The average molecular weight is 285 g/mol. The maximum atomic E-state index is 12.7. The third-order valence-electron chi connectivity index (χ3n) is 3.65. The van der Waals surface area contributed by atoms with E-state index in [2.05, 4.69) is 4.98 Å². The molecule has 1 aliphatic rings. The third kappa shape index (κ3) is 2.91. The van der Waals surface area contributed by atoms with Crippen LogP contribution < -0.4 is 5.73 Å². The summed E-state index contributed by atoms with van der Waals surface area (Å²) in [5.74, 6) is 0.789. The van der Waals surface area contributed by atoms with Gasteiger partial charge in [0.15, 0.2) is 5.89 Å². The number of hydrogen-bond acceptors (Lipinski definition) is 4. The van der Waals surface area contributed by atoms with Crippen molar-refractivity contribution in [3.8, 4) is 0 Å². The molecule has 0 unspecified atom stereocenters. The second-order valence-corrected chi connectivity index (χ2v) is 5.56. The Bertz CT molecular complexity index is 674. The first-order chi connectivity index (χ1) is 10.0. The van der Waals surface area contributed by atoms with Crippen molar-refractivity contribution in [3.63, 3.8) is 0 Å². The molecular formula is C16H19N3O2. The van der Waals surface area contributed by atoms with Gasteiger partial charge in [0.1, 0.15) is 0 Å². The van der Waals surface area contributed by atoms with Crippen molar-refractivity contribution in [2.45, 2.75) is 39.3 Å². The number of nitrogens with two attached hydrogens (primary N) is 1. The van der Waals surface area contributed by atoms with E-state index < -0.39 is 0 Å². The summed E-state index contributed by atoms with van der Waals surface area (Å²) in [7, 11) is 0. The van der Waals surface area contributed by atoms with Gasteiger partial charge < -0.3 is 15.1 Å². The van der Waals surface area contributed by atoms with Crippen LogP contribution in [0.15, 0.2) is 28.7 Å². The first-order valence-corrected chi connectivity index (χ1v) is 7.14. The molecule has 5 heteroatoms. The van der Waals surface area contributed by atoms with Crippen molar-refractivity contribution in [2.24, 2.45) is 0 Å². The summed E-state index contributed by atoms with van der Waals surface area (Å²) in [4.78, 5) is 18.8. The summed E-state index contributed by atoms with van der Waals surface area (Å²) in [5, 5.41) is 0. The Kier molecular flexibility index (Phi) is 3.41. The fraction of sp³-hybridized carbons (Fsp3) is 0.375. The normalized spacial score (nSPS) is 14.2. The number of anilines is 1. The topological polar surface area (TPSA) is 72.4 Å². The average Bonchev–Trinajstić information content (AvgIpc) is 3.21. The highest BCUT2D eigenvalue weighted by Gasteiger charge is 2.35. The highest BCUT2D eigenvalue weighted by atomic mass is 16.4. The minimum absolute atomic E-state index is 0.0852. The molecule has 1 aromatic carbocycles. The Morgan fingerprint density at radius 2 is 2.19 bits per heavy atom. The monoisotopic (exact) mass is 285 g/mol. The molecule has 0 bridgehead atoms. The van der Waals surface area contributed by atoms with E-state index in [-0.39, 0.29) is 5.91 Å². The van der Waals surface area contributed by atoms with Gasteiger partial charge in [0.25, 0.3) is 5.91 Å². The van der Waals surface area contributed by atoms with Crippen LogP contribution in [0.1, 0.15) is 40.5 Å². The minimum Gasteiger partial charge on any atom is -0.436 e. The van der Waals surface area contributed by atoms with Crippen LogP contribution in [-0.2, 0) is 6.54 Å². The zero-order valence-electron chi connectivity index (χ0n) is 12.3. The van der Waals surface area contributed by atoms with E-state index in [1.54, 1.807) is 13.8 Å². The van der Waals surface area contributed by atoms with Crippen LogP contribution in [0.3, 0.4) is 0 Å². The van der Waals surface area contributed by atoms with Gasteiger partial charge in [-0.2, -0.15) is 0 Å². The lowest BCUT2D eigenvalue weighted by molar-refractivity contribution is 0.0695. The van der Waals surface area contributed by atoms with Crippen LogP contribution >= 0.6 is 0 Å². The number of oxazole rings is 1. The molecule has 21 heavy (non-hydrogen) atoms. The molecule has 2 aromatic rings. The van der Waals surface area contributed by atoms with Crippen molar-refractivity contribution in [2.75, 3.05) is 5.73 Å². The zero-order chi connectivity index (χ0) is 15.0. The van der Waals surface area contributed by atoms with Gasteiger partial charge in [0.2, 0.25) is 5.76 Å². The van der Waals surface area contributed by atoms with Gasteiger partial charge in [-0.1, -0.05) is 12.1 Å². The molecule has 110 valence electrons. The third-order valence-corrected chi connectivity index (χ3v) is 3.65. The van der Waals surface area contributed by atoms with Gasteiger partial charge in [0.05, 0.1) is 5.69 Å². The summed E-state index contributed by atoms with van der Waals surface area (Å²) in [6.45, 7) is 4.10. The van der Waals surface area contributed by atoms with E-state index in [4.69, 9.17) is 10.2 Å². The minimum atomic E-state index is -0.0852. The van der Waals surface area contributed by atoms with Crippen molar-refractivity contribution in [1.82, 2.24) is 9.88 Å². The molecular weight excluding hydrogens is 266 g/mol. The lowest BCUT2D eigenvalue weighted by atomic mass is 10.2. The lowest BCUT2D eigenvalue weighted by Gasteiger charge is -2.21. The largest absolute Gasteiger partial charge is 0.436 e. The maximum Gasteiger partial charge on any atom is 0.292 e. The number of hydrogen-bond donors (Lipinski definition) is 1. The summed E-state index contributed by atoms with van der Waals surface area (Å²) in [5.41, 5.74) is 8.20. The highest BCUT2D eigenvalue weighted by Crippen LogP contribution is 2.30.